The number of nitrogens with zero attached hydrogens (tertiary/aromatic N) is 1. The van der Waals surface area contributed by atoms with Gasteiger partial charge in [-0.1, -0.05) is 22.0 Å². The van der Waals surface area contributed by atoms with Crippen molar-refractivity contribution in [2.45, 2.75) is 6.92 Å². The number of rotatable bonds is 3. The van der Waals surface area contributed by atoms with Gasteiger partial charge in [-0.25, -0.2) is 0 Å². The predicted molar refractivity (Wildman–Crippen MR) is 59.4 cm³/mol. The van der Waals surface area contributed by atoms with Crippen LogP contribution in [0, 0.1) is 18.3 Å². The number of ketones is 1. The lowest BCUT2D eigenvalue weighted by molar-refractivity contribution is 0.102. The van der Waals surface area contributed by atoms with Crippen molar-refractivity contribution in [2.24, 2.45) is 0 Å². The Bertz CT molecular complexity index is 460. The lowest BCUT2D eigenvalue weighted by Crippen LogP contribution is -2.06. The molecule has 0 aliphatic rings. The van der Waals surface area contributed by atoms with Crippen LogP contribution in [0.3, 0.4) is 0 Å². The van der Waals surface area contributed by atoms with Gasteiger partial charge in [-0.2, -0.15) is 5.26 Å². The van der Waals surface area contributed by atoms with Gasteiger partial charge < -0.3 is 0 Å². The highest BCUT2D eigenvalue weighted by Gasteiger charge is 2.15. The standard InChI is InChI=1S/C11H8BrNO2/c1-7-2-3-8(11(15)4-12)9(5-13)10(7)6-14/h2-3,6H,4H2,1H3. The number of aldehydes is 1. The van der Waals surface area contributed by atoms with Crippen molar-refractivity contribution < 1.29 is 9.59 Å². The minimum Gasteiger partial charge on any atom is -0.298 e. The fraction of sp³-hybridized carbons (Fsp3) is 0.182. The molecule has 76 valence electrons. The molecule has 4 heteroatoms. The fourth-order valence-corrected chi connectivity index (χ4v) is 1.60. The highest BCUT2D eigenvalue weighted by atomic mass is 79.9. The van der Waals surface area contributed by atoms with Crippen molar-refractivity contribution in [3.63, 3.8) is 0 Å². The summed E-state index contributed by atoms with van der Waals surface area (Å²) in [6.07, 6.45) is 0.610. The molecule has 0 radical (unpaired) electrons. The molecule has 3 nitrogen and oxygen atoms in total. The van der Waals surface area contributed by atoms with Gasteiger partial charge in [0.1, 0.15) is 6.07 Å². The first-order chi connectivity index (χ1) is 7.15. The van der Waals surface area contributed by atoms with Crippen molar-refractivity contribution >= 4 is 28.0 Å². The Kier molecular flexibility index (Phi) is 3.75. The Morgan fingerprint density at radius 3 is 2.73 bits per heavy atom. The maximum Gasteiger partial charge on any atom is 0.174 e. The molecule has 0 N–H and O–H groups in total. The minimum absolute atomic E-state index is 0.142. The summed E-state index contributed by atoms with van der Waals surface area (Å²) in [6.45, 7) is 1.73. The van der Waals surface area contributed by atoms with E-state index in [2.05, 4.69) is 15.9 Å². The normalized spacial score (nSPS) is 9.40. The number of Topliss-reactive ketones (excluding diaryl/α,β-unsaturated/α-hetero) is 1. The topological polar surface area (TPSA) is 57.9 Å². The van der Waals surface area contributed by atoms with Gasteiger partial charge in [0, 0.05) is 11.1 Å². The van der Waals surface area contributed by atoms with Gasteiger partial charge in [-0.3, -0.25) is 9.59 Å². The van der Waals surface area contributed by atoms with Crippen LogP contribution in [0.5, 0.6) is 0 Å². The number of halogens is 1. The van der Waals surface area contributed by atoms with E-state index in [1.165, 1.54) is 0 Å². The van der Waals surface area contributed by atoms with E-state index in [-0.39, 0.29) is 16.7 Å². The number of nitriles is 1. The summed E-state index contributed by atoms with van der Waals surface area (Å²) >= 11 is 3.03. The molecule has 0 saturated heterocycles. The zero-order chi connectivity index (χ0) is 11.4. The van der Waals surface area contributed by atoms with Crippen molar-refractivity contribution in [3.05, 3.63) is 34.4 Å². The van der Waals surface area contributed by atoms with E-state index in [1.54, 1.807) is 19.1 Å². The molecule has 0 aliphatic heterocycles. The molecule has 1 aromatic carbocycles. The Hall–Kier alpha value is -1.47. The minimum atomic E-state index is -0.199. The van der Waals surface area contributed by atoms with Gasteiger partial charge in [-0.15, -0.1) is 0 Å². The van der Waals surface area contributed by atoms with Crippen LogP contribution in [-0.2, 0) is 0 Å². The number of carbonyl (C=O) groups excluding carboxylic acids is 2. The summed E-state index contributed by atoms with van der Waals surface area (Å²) in [5, 5.41) is 9.06. The number of hydrogen-bond donors (Lipinski definition) is 0. The summed E-state index contributed by atoms with van der Waals surface area (Å²) < 4.78 is 0. The molecule has 1 rings (SSSR count). The van der Waals surface area contributed by atoms with E-state index in [9.17, 15) is 9.59 Å². The van der Waals surface area contributed by atoms with Gasteiger partial charge in [-0.05, 0) is 18.6 Å². The Balaban J connectivity index is 3.50. The van der Waals surface area contributed by atoms with E-state index >= 15 is 0 Å². The predicted octanol–water partition coefficient (Wildman–Crippen LogP) is 2.26. The van der Waals surface area contributed by atoms with Crippen molar-refractivity contribution in [3.8, 4) is 6.07 Å². The van der Waals surface area contributed by atoms with Gasteiger partial charge in [0.25, 0.3) is 0 Å². The van der Waals surface area contributed by atoms with Crippen LogP contribution >= 0.6 is 15.9 Å². The smallest absolute Gasteiger partial charge is 0.174 e. The molecule has 0 atom stereocenters. The molecule has 0 aromatic heterocycles. The molecular formula is C11H8BrNO2. The maximum absolute atomic E-state index is 11.5. The monoisotopic (exact) mass is 265 g/mol. The summed E-state index contributed by atoms with van der Waals surface area (Å²) in [5.41, 5.74) is 1.45. The third-order valence-corrected chi connectivity index (χ3v) is 2.62. The van der Waals surface area contributed by atoms with Crippen LogP contribution in [0.1, 0.15) is 31.8 Å². The highest BCUT2D eigenvalue weighted by molar-refractivity contribution is 9.09. The molecule has 1 aromatic rings. The molecule has 0 unspecified atom stereocenters. The SMILES string of the molecule is Cc1ccc(C(=O)CBr)c(C#N)c1C=O. The Labute approximate surface area is 95.8 Å². The number of benzene rings is 1. The average molecular weight is 266 g/mol. The number of carbonyl (C=O) groups is 2. The summed E-state index contributed by atoms with van der Waals surface area (Å²) in [6, 6.07) is 5.14. The largest absolute Gasteiger partial charge is 0.298 e. The fourth-order valence-electron chi connectivity index (χ4n) is 1.30. The van der Waals surface area contributed by atoms with Crippen LogP contribution < -0.4 is 0 Å². The van der Waals surface area contributed by atoms with E-state index < -0.39 is 0 Å². The summed E-state index contributed by atoms with van der Waals surface area (Å²) in [4.78, 5) is 22.3. The lowest BCUT2D eigenvalue weighted by Gasteiger charge is -2.05. The average Bonchev–Trinajstić information content (AvgIpc) is 2.27. The first-order valence-corrected chi connectivity index (χ1v) is 5.36. The van der Waals surface area contributed by atoms with E-state index in [4.69, 9.17) is 5.26 Å². The van der Waals surface area contributed by atoms with E-state index in [0.717, 1.165) is 0 Å². The molecular weight excluding hydrogens is 258 g/mol. The van der Waals surface area contributed by atoms with Crippen LogP contribution in [0.4, 0.5) is 0 Å². The van der Waals surface area contributed by atoms with Gasteiger partial charge in [0.05, 0.1) is 10.9 Å². The first kappa shape index (κ1) is 11.6. The van der Waals surface area contributed by atoms with Crippen LogP contribution in [0.15, 0.2) is 12.1 Å². The van der Waals surface area contributed by atoms with Crippen LogP contribution in [0.2, 0.25) is 0 Å². The third kappa shape index (κ3) is 2.13. The molecule has 0 heterocycles. The van der Waals surface area contributed by atoms with Gasteiger partial charge >= 0.3 is 0 Å². The van der Waals surface area contributed by atoms with Crippen molar-refractivity contribution in [1.82, 2.24) is 0 Å². The zero-order valence-electron chi connectivity index (χ0n) is 8.08. The second-order valence-electron chi connectivity index (χ2n) is 3.01. The molecule has 0 bridgehead atoms. The molecule has 0 amide bonds. The number of hydrogen-bond acceptors (Lipinski definition) is 3. The Morgan fingerprint density at radius 1 is 1.60 bits per heavy atom. The van der Waals surface area contributed by atoms with Gasteiger partial charge in [0.15, 0.2) is 12.1 Å². The highest BCUT2D eigenvalue weighted by Crippen LogP contribution is 2.17. The third-order valence-electron chi connectivity index (χ3n) is 2.11. The molecule has 0 spiro atoms. The van der Waals surface area contributed by atoms with Gasteiger partial charge in [0.2, 0.25) is 0 Å². The van der Waals surface area contributed by atoms with E-state index in [1.807, 2.05) is 6.07 Å². The quantitative estimate of drug-likeness (QED) is 0.479. The number of alkyl halides is 1. The summed E-state index contributed by atoms with van der Waals surface area (Å²) in [5.74, 6) is -0.199. The molecule has 15 heavy (non-hydrogen) atoms. The van der Waals surface area contributed by atoms with E-state index in [0.29, 0.717) is 23.0 Å². The van der Waals surface area contributed by atoms with Crippen molar-refractivity contribution in [1.29, 1.82) is 5.26 Å². The molecule has 0 fully saturated rings. The van der Waals surface area contributed by atoms with Crippen LogP contribution in [-0.4, -0.2) is 17.4 Å². The maximum atomic E-state index is 11.5. The Morgan fingerprint density at radius 2 is 2.27 bits per heavy atom. The second kappa shape index (κ2) is 4.85. The first-order valence-electron chi connectivity index (χ1n) is 4.23. The lowest BCUT2D eigenvalue weighted by atomic mass is 9.96. The number of aryl methyl sites for hydroxylation is 1. The summed E-state index contributed by atoms with van der Waals surface area (Å²) in [7, 11) is 0. The molecule has 0 aliphatic carbocycles. The second-order valence-corrected chi connectivity index (χ2v) is 3.57. The molecule has 0 saturated carbocycles. The van der Waals surface area contributed by atoms with Crippen LogP contribution in [0.25, 0.3) is 0 Å². The van der Waals surface area contributed by atoms with Crippen molar-refractivity contribution in [2.75, 3.05) is 5.33 Å². The zero-order valence-corrected chi connectivity index (χ0v) is 9.67.